The molecule has 0 radical (unpaired) electrons. The van der Waals surface area contributed by atoms with E-state index in [0.29, 0.717) is 29.9 Å². The second-order valence-corrected chi connectivity index (χ2v) is 9.28. The number of carbonyl (C=O) groups excluding carboxylic acids is 1. The summed E-state index contributed by atoms with van der Waals surface area (Å²) in [6.07, 6.45) is 3.99. The van der Waals surface area contributed by atoms with Crippen LogP contribution in [0.3, 0.4) is 0 Å². The molecule has 2 bridgehead atoms. The third kappa shape index (κ3) is 3.21. The van der Waals surface area contributed by atoms with E-state index < -0.39 is 0 Å². The summed E-state index contributed by atoms with van der Waals surface area (Å²) in [4.78, 5) is 15.7. The summed E-state index contributed by atoms with van der Waals surface area (Å²) in [5, 5.41) is 12.0. The number of nitrogens with one attached hydrogen (secondary N) is 1. The third-order valence-electron chi connectivity index (χ3n) is 7.25. The summed E-state index contributed by atoms with van der Waals surface area (Å²) in [6, 6.07) is 8.14. The minimum atomic E-state index is -0.0348. The number of ether oxygens (including phenoxy) is 2. The van der Waals surface area contributed by atoms with Crippen molar-refractivity contribution in [2.24, 2.45) is 11.8 Å². The Morgan fingerprint density at radius 1 is 1.16 bits per heavy atom. The summed E-state index contributed by atoms with van der Waals surface area (Å²) in [7, 11) is 0. The lowest BCUT2D eigenvalue weighted by molar-refractivity contribution is 0.0825. The van der Waals surface area contributed by atoms with Crippen LogP contribution in [0.1, 0.15) is 40.0 Å². The van der Waals surface area contributed by atoms with Gasteiger partial charge >= 0.3 is 0 Å². The molecule has 3 aromatic rings. The van der Waals surface area contributed by atoms with Crippen molar-refractivity contribution in [3.8, 4) is 11.5 Å². The van der Waals surface area contributed by atoms with Gasteiger partial charge in [0.1, 0.15) is 5.52 Å². The summed E-state index contributed by atoms with van der Waals surface area (Å²) in [6.45, 7) is 7.18. The maximum atomic E-state index is 13.2. The quantitative estimate of drug-likeness (QED) is 0.682. The van der Waals surface area contributed by atoms with Gasteiger partial charge in [-0.3, -0.25) is 9.69 Å². The smallest absolute Gasteiger partial charge is 0.255 e. The number of amides is 1. The van der Waals surface area contributed by atoms with Crippen molar-refractivity contribution in [1.29, 1.82) is 0 Å². The van der Waals surface area contributed by atoms with Crippen molar-refractivity contribution in [3.63, 3.8) is 0 Å². The lowest BCUT2D eigenvalue weighted by Crippen LogP contribution is -2.52. The first-order chi connectivity index (χ1) is 15.6. The Morgan fingerprint density at radius 2 is 1.91 bits per heavy atom. The number of hydrogen-bond donors (Lipinski definition) is 1. The van der Waals surface area contributed by atoms with Gasteiger partial charge in [-0.05, 0) is 73.9 Å². The van der Waals surface area contributed by atoms with E-state index in [2.05, 4.69) is 39.5 Å². The van der Waals surface area contributed by atoms with Gasteiger partial charge in [-0.1, -0.05) is 0 Å². The predicted molar refractivity (Wildman–Crippen MR) is 118 cm³/mol. The Labute approximate surface area is 186 Å². The molecule has 2 fully saturated rings. The molecule has 166 valence electrons. The Balaban J connectivity index is 1.16. The molecule has 1 aromatic carbocycles. The number of nitrogens with zero attached hydrogens (tertiary/aromatic N) is 4. The molecule has 32 heavy (non-hydrogen) atoms. The monoisotopic (exact) mass is 433 g/mol. The van der Waals surface area contributed by atoms with Gasteiger partial charge in [0.15, 0.2) is 11.5 Å². The van der Waals surface area contributed by atoms with E-state index in [9.17, 15) is 4.79 Å². The highest BCUT2D eigenvalue weighted by molar-refractivity contribution is 6.02. The van der Waals surface area contributed by atoms with Crippen molar-refractivity contribution in [1.82, 2.24) is 25.0 Å². The summed E-state index contributed by atoms with van der Waals surface area (Å²) in [5.74, 6) is 2.58. The zero-order valence-corrected chi connectivity index (χ0v) is 18.4. The Bertz CT molecular complexity index is 1190. The van der Waals surface area contributed by atoms with E-state index in [1.54, 1.807) is 6.20 Å². The maximum Gasteiger partial charge on any atom is 0.255 e. The van der Waals surface area contributed by atoms with Gasteiger partial charge in [-0.25, -0.2) is 0 Å². The zero-order chi connectivity index (χ0) is 21.8. The number of benzene rings is 1. The number of rotatable bonds is 4. The van der Waals surface area contributed by atoms with Crippen LogP contribution in [-0.2, 0) is 6.54 Å². The molecule has 1 unspecified atom stereocenters. The first-order valence-corrected chi connectivity index (χ1v) is 11.3. The lowest BCUT2D eigenvalue weighted by atomic mass is 9.91. The second-order valence-electron chi connectivity index (χ2n) is 9.28. The Kier molecular flexibility index (Phi) is 4.57. The molecule has 0 spiro atoms. The van der Waals surface area contributed by atoms with Gasteiger partial charge in [-0.15, -0.1) is 0 Å². The van der Waals surface area contributed by atoms with Crippen LogP contribution in [0.25, 0.3) is 5.52 Å². The molecule has 1 aliphatic carbocycles. The standard InChI is InChI=1S/C24H27N5O3/c1-14-8-20-21(32-13-31-20)9-18(14)12-28-10-16-5-6-17(11-28)23(16)26-24(30)22-15(2)27-29-19(22)4-3-7-25-29/h3-4,7-9,16-17,23H,5-6,10-13H2,1-2H3,(H,26,30)/t16-,17+,23?. The van der Waals surface area contributed by atoms with E-state index in [4.69, 9.17) is 9.47 Å². The molecule has 2 aliphatic heterocycles. The molecule has 4 heterocycles. The van der Waals surface area contributed by atoms with E-state index in [1.165, 1.54) is 15.8 Å². The summed E-state index contributed by atoms with van der Waals surface area (Å²) in [5.41, 5.74) is 4.62. The van der Waals surface area contributed by atoms with Crippen LogP contribution in [0.4, 0.5) is 0 Å². The molecule has 6 rings (SSSR count). The lowest BCUT2D eigenvalue weighted by Gasteiger charge is -2.38. The van der Waals surface area contributed by atoms with Crippen molar-refractivity contribution in [2.75, 3.05) is 19.9 Å². The van der Waals surface area contributed by atoms with Gasteiger partial charge in [-0.2, -0.15) is 14.8 Å². The van der Waals surface area contributed by atoms with Gasteiger partial charge in [0.05, 0.1) is 11.3 Å². The van der Waals surface area contributed by atoms with Crippen LogP contribution in [-0.4, -0.2) is 51.6 Å². The van der Waals surface area contributed by atoms with E-state index >= 15 is 0 Å². The average Bonchev–Trinajstić information content (AvgIpc) is 3.41. The number of aromatic nitrogens is 3. The minimum absolute atomic E-state index is 0.0348. The van der Waals surface area contributed by atoms with E-state index in [1.807, 2.05) is 19.1 Å². The largest absolute Gasteiger partial charge is 0.454 e. The first-order valence-electron chi connectivity index (χ1n) is 11.3. The predicted octanol–water partition coefficient (Wildman–Crippen LogP) is 2.72. The highest BCUT2D eigenvalue weighted by Gasteiger charge is 2.43. The van der Waals surface area contributed by atoms with Crippen LogP contribution < -0.4 is 14.8 Å². The number of aryl methyl sites for hydroxylation is 2. The van der Waals surface area contributed by atoms with Gasteiger partial charge < -0.3 is 14.8 Å². The topological polar surface area (TPSA) is 81.0 Å². The minimum Gasteiger partial charge on any atom is -0.454 e. The first kappa shape index (κ1) is 19.5. The molecule has 8 heteroatoms. The number of likely N-dealkylation sites (tertiary alicyclic amines) is 1. The van der Waals surface area contributed by atoms with Gasteiger partial charge in [0.2, 0.25) is 6.79 Å². The van der Waals surface area contributed by atoms with Crippen LogP contribution in [0, 0.1) is 25.7 Å². The van der Waals surface area contributed by atoms with Crippen molar-refractivity contribution in [3.05, 3.63) is 52.8 Å². The number of piperidine rings is 1. The number of hydrogen-bond acceptors (Lipinski definition) is 6. The molecule has 1 saturated heterocycles. The van der Waals surface area contributed by atoms with Crippen LogP contribution in [0.15, 0.2) is 30.5 Å². The number of fused-ring (bicyclic) bond motifs is 4. The summed E-state index contributed by atoms with van der Waals surface area (Å²) < 4.78 is 12.6. The molecular formula is C24H27N5O3. The molecule has 1 saturated carbocycles. The van der Waals surface area contributed by atoms with Gasteiger partial charge in [0.25, 0.3) is 5.91 Å². The maximum absolute atomic E-state index is 13.2. The van der Waals surface area contributed by atoms with Gasteiger partial charge in [0, 0.05) is 31.9 Å². The fraction of sp³-hybridized carbons (Fsp3) is 0.458. The highest BCUT2D eigenvalue weighted by atomic mass is 16.7. The summed E-state index contributed by atoms with van der Waals surface area (Å²) >= 11 is 0. The average molecular weight is 434 g/mol. The van der Waals surface area contributed by atoms with Crippen molar-refractivity contribution in [2.45, 2.75) is 39.3 Å². The van der Waals surface area contributed by atoms with E-state index in [0.717, 1.165) is 49.5 Å². The fourth-order valence-corrected chi connectivity index (χ4v) is 5.69. The van der Waals surface area contributed by atoms with E-state index in [-0.39, 0.29) is 11.9 Å². The molecule has 3 aliphatic rings. The second kappa shape index (κ2) is 7.48. The molecule has 1 amide bonds. The fourth-order valence-electron chi connectivity index (χ4n) is 5.69. The van der Waals surface area contributed by atoms with Crippen molar-refractivity contribution >= 4 is 11.4 Å². The normalized spacial score (nSPS) is 24.2. The Morgan fingerprint density at radius 3 is 2.69 bits per heavy atom. The molecule has 3 atom stereocenters. The Hall–Kier alpha value is -3.13. The SMILES string of the molecule is Cc1cc2c(cc1CN1C[C@H]3CC[C@@H](C1)C3NC(=O)c1c(C)nn3ncccc13)OCO2. The molecule has 2 aromatic heterocycles. The number of carbonyl (C=O) groups is 1. The zero-order valence-electron chi connectivity index (χ0n) is 18.4. The van der Waals surface area contributed by atoms with Crippen molar-refractivity contribution < 1.29 is 14.3 Å². The van der Waals surface area contributed by atoms with Crippen LogP contribution >= 0.6 is 0 Å². The van der Waals surface area contributed by atoms with Crippen LogP contribution in [0.2, 0.25) is 0 Å². The molecule has 1 N–H and O–H groups in total. The molecular weight excluding hydrogens is 406 g/mol. The molecule has 8 nitrogen and oxygen atoms in total. The third-order valence-corrected chi connectivity index (χ3v) is 7.25. The van der Waals surface area contributed by atoms with Crippen LogP contribution in [0.5, 0.6) is 11.5 Å². The highest BCUT2D eigenvalue weighted by Crippen LogP contribution is 2.39.